The molecule has 2 aliphatic rings. The van der Waals surface area contributed by atoms with Crippen LogP contribution in [0, 0.1) is 0 Å². The van der Waals surface area contributed by atoms with Gasteiger partial charge >= 0.3 is 5.97 Å². The average Bonchev–Trinajstić information content (AvgIpc) is 3.06. The summed E-state index contributed by atoms with van der Waals surface area (Å²) in [4.78, 5) is 26.6. The number of unbranched alkanes of at least 4 members (excludes halogenated alkanes) is 3. The van der Waals surface area contributed by atoms with Crippen molar-refractivity contribution in [2.45, 2.75) is 68.7 Å². The van der Waals surface area contributed by atoms with Crippen LogP contribution in [0.2, 0.25) is 0 Å². The Balaban J connectivity index is 1.46. The van der Waals surface area contributed by atoms with Crippen LogP contribution in [0.3, 0.4) is 0 Å². The Kier molecular flexibility index (Phi) is 7.68. The predicted molar refractivity (Wildman–Crippen MR) is 96.2 cm³/mol. The molecule has 3 atom stereocenters. The van der Waals surface area contributed by atoms with Crippen LogP contribution in [0.5, 0.6) is 0 Å². The van der Waals surface area contributed by atoms with Crippen molar-refractivity contribution < 1.29 is 14.7 Å². The number of aliphatic imine (C=N–C) groups is 1. The summed E-state index contributed by atoms with van der Waals surface area (Å²) in [5.41, 5.74) is 5.72. The topological polar surface area (TPSA) is 117 Å². The molecule has 5 N–H and O–H groups in total. The molecule has 2 aliphatic heterocycles. The summed E-state index contributed by atoms with van der Waals surface area (Å²) in [5, 5.41) is 15.2. The fraction of sp³-hybridized carbons (Fsp3) is 0.812. The molecule has 0 aromatic heterocycles. The third kappa shape index (κ3) is 6.22. The Morgan fingerprint density at radius 3 is 2.83 bits per heavy atom. The highest BCUT2D eigenvalue weighted by Gasteiger charge is 2.39. The van der Waals surface area contributed by atoms with Crippen LogP contribution >= 0.6 is 11.8 Å². The molecule has 0 saturated carbocycles. The fourth-order valence-electron chi connectivity index (χ4n) is 3.15. The fourth-order valence-corrected chi connectivity index (χ4v) is 4.67. The highest BCUT2D eigenvalue weighted by Crippen LogP contribution is 2.35. The number of carboxylic acid groups (broad SMARTS) is 1. The first-order valence-corrected chi connectivity index (χ1v) is 9.81. The van der Waals surface area contributed by atoms with Crippen molar-refractivity contribution in [3.8, 4) is 0 Å². The first-order chi connectivity index (χ1) is 11.6. The molecule has 136 valence electrons. The Labute approximate surface area is 147 Å². The predicted octanol–water partition coefficient (Wildman–Crippen LogP) is 1.08. The van der Waals surface area contributed by atoms with Gasteiger partial charge in [0.25, 0.3) is 0 Å². The lowest BCUT2D eigenvalue weighted by Crippen LogP contribution is -2.38. The largest absolute Gasteiger partial charge is 0.481 e. The Bertz CT molecular complexity index is 472. The second-order valence-electron chi connectivity index (χ2n) is 6.43. The number of amides is 1. The summed E-state index contributed by atoms with van der Waals surface area (Å²) >= 11 is 1.95. The molecule has 0 aromatic rings. The number of fused-ring (bicyclic) bond motifs is 1. The van der Waals surface area contributed by atoms with Gasteiger partial charge in [0.2, 0.25) is 5.91 Å². The van der Waals surface area contributed by atoms with Gasteiger partial charge in [-0.05, 0) is 25.7 Å². The number of nitrogens with two attached hydrogens (primary N) is 1. The van der Waals surface area contributed by atoms with Gasteiger partial charge in [-0.3, -0.25) is 9.59 Å². The lowest BCUT2D eigenvalue weighted by Gasteiger charge is -2.14. The van der Waals surface area contributed by atoms with Gasteiger partial charge in [-0.1, -0.05) is 12.8 Å². The van der Waals surface area contributed by atoms with E-state index in [4.69, 9.17) is 10.8 Å². The summed E-state index contributed by atoms with van der Waals surface area (Å²) in [6.45, 7) is 0.639. The molecule has 0 spiro atoms. The van der Waals surface area contributed by atoms with Crippen LogP contribution in [-0.4, -0.2) is 52.6 Å². The zero-order valence-corrected chi connectivity index (χ0v) is 14.8. The van der Waals surface area contributed by atoms with Gasteiger partial charge in [0.15, 0.2) is 5.96 Å². The second kappa shape index (κ2) is 9.76. The normalized spacial score (nSPS) is 25.0. The monoisotopic (exact) mass is 356 g/mol. The van der Waals surface area contributed by atoms with E-state index in [9.17, 15) is 9.59 Å². The summed E-state index contributed by atoms with van der Waals surface area (Å²) in [7, 11) is 0. The summed E-state index contributed by atoms with van der Waals surface area (Å²) in [5.74, 6) is 0.961. The van der Waals surface area contributed by atoms with Crippen LogP contribution in [-0.2, 0) is 9.59 Å². The van der Waals surface area contributed by atoms with Gasteiger partial charge in [-0.25, -0.2) is 4.99 Å². The van der Waals surface area contributed by atoms with Crippen molar-refractivity contribution in [3.63, 3.8) is 0 Å². The number of thioether (sulfide) groups is 1. The van der Waals surface area contributed by atoms with Gasteiger partial charge < -0.3 is 21.5 Å². The van der Waals surface area contributed by atoms with Gasteiger partial charge in [-0.15, -0.1) is 0 Å². The molecule has 0 radical (unpaired) electrons. The zero-order chi connectivity index (χ0) is 17.4. The van der Waals surface area contributed by atoms with E-state index in [1.54, 1.807) is 0 Å². The molecule has 0 aliphatic carbocycles. The molecule has 2 rings (SSSR count). The number of carboxylic acids is 1. The van der Waals surface area contributed by atoms with Gasteiger partial charge in [0, 0.05) is 30.4 Å². The van der Waals surface area contributed by atoms with Crippen LogP contribution in [0.4, 0.5) is 0 Å². The summed E-state index contributed by atoms with van der Waals surface area (Å²) in [6.07, 6.45) is 6.12. The molecule has 1 saturated heterocycles. The Morgan fingerprint density at radius 1 is 1.25 bits per heavy atom. The third-order valence-corrected chi connectivity index (χ3v) is 5.93. The number of guanidine groups is 1. The van der Waals surface area contributed by atoms with Gasteiger partial charge in [-0.2, -0.15) is 11.8 Å². The van der Waals surface area contributed by atoms with Crippen molar-refractivity contribution in [1.82, 2.24) is 10.6 Å². The molecule has 1 amide bonds. The first kappa shape index (κ1) is 18.9. The van der Waals surface area contributed by atoms with E-state index >= 15 is 0 Å². The van der Waals surface area contributed by atoms with E-state index in [1.165, 1.54) is 0 Å². The van der Waals surface area contributed by atoms with Crippen LogP contribution in [0.25, 0.3) is 0 Å². The quantitative estimate of drug-likeness (QED) is 0.412. The van der Waals surface area contributed by atoms with Crippen molar-refractivity contribution >= 4 is 29.6 Å². The van der Waals surface area contributed by atoms with Crippen LogP contribution in [0.15, 0.2) is 4.99 Å². The second-order valence-corrected chi connectivity index (χ2v) is 7.70. The molecule has 2 unspecified atom stereocenters. The number of carbonyl (C=O) groups is 2. The Hall–Kier alpha value is -1.44. The van der Waals surface area contributed by atoms with E-state index in [0.29, 0.717) is 42.7 Å². The SMILES string of the molecule is NC1=NC2C(CS[C@@H]2CCCCC(=O)NCCCCCC(=O)O)N1. The van der Waals surface area contributed by atoms with Crippen molar-refractivity contribution in [2.75, 3.05) is 12.3 Å². The van der Waals surface area contributed by atoms with E-state index in [-0.39, 0.29) is 12.3 Å². The molecule has 1 fully saturated rings. The molecule has 0 bridgehead atoms. The number of aliphatic carboxylic acids is 1. The van der Waals surface area contributed by atoms with E-state index < -0.39 is 5.97 Å². The highest BCUT2D eigenvalue weighted by atomic mass is 32.2. The number of hydrogen-bond donors (Lipinski definition) is 4. The average molecular weight is 356 g/mol. The maximum absolute atomic E-state index is 11.7. The molecule has 2 heterocycles. The lowest BCUT2D eigenvalue weighted by molar-refractivity contribution is -0.137. The minimum absolute atomic E-state index is 0.0926. The molecular formula is C16H28N4O3S. The van der Waals surface area contributed by atoms with Crippen molar-refractivity contribution in [2.24, 2.45) is 10.7 Å². The number of carbonyl (C=O) groups excluding carboxylic acids is 1. The minimum Gasteiger partial charge on any atom is -0.481 e. The van der Waals surface area contributed by atoms with E-state index in [2.05, 4.69) is 15.6 Å². The number of hydrogen-bond acceptors (Lipinski definition) is 6. The number of rotatable bonds is 11. The maximum atomic E-state index is 11.7. The number of nitrogens with one attached hydrogen (secondary N) is 2. The first-order valence-electron chi connectivity index (χ1n) is 8.76. The van der Waals surface area contributed by atoms with Crippen molar-refractivity contribution in [3.05, 3.63) is 0 Å². The van der Waals surface area contributed by atoms with E-state index in [0.717, 1.165) is 37.9 Å². The molecule has 0 aromatic carbocycles. The molecular weight excluding hydrogens is 328 g/mol. The highest BCUT2D eigenvalue weighted by molar-refractivity contribution is 8.00. The van der Waals surface area contributed by atoms with Gasteiger partial charge in [0.05, 0.1) is 12.1 Å². The molecule has 7 nitrogen and oxygen atoms in total. The van der Waals surface area contributed by atoms with Crippen LogP contribution < -0.4 is 16.4 Å². The standard InChI is InChI=1S/C16H28N4O3S/c17-16-19-11-10-24-12(15(11)20-16)6-3-4-7-13(21)18-9-5-1-2-8-14(22)23/h11-12,15H,1-10H2,(H,18,21)(H,22,23)(H3,17,19,20)/t11?,12-,15?/m1/s1. The maximum Gasteiger partial charge on any atom is 0.303 e. The smallest absolute Gasteiger partial charge is 0.303 e. The number of nitrogens with zero attached hydrogens (tertiary/aromatic N) is 1. The molecule has 8 heteroatoms. The van der Waals surface area contributed by atoms with Crippen molar-refractivity contribution in [1.29, 1.82) is 0 Å². The minimum atomic E-state index is -0.757. The third-order valence-electron chi connectivity index (χ3n) is 4.44. The van der Waals surface area contributed by atoms with Crippen LogP contribution in [0.1, 0.15) is 51.4 Å². The Morgan fingerprint density at radius 2 is 2.04 bits per heavy atom. The zero-order valence-electron chi connectivity index (χ0n) is 14.0. The summed E-state index contributed by atoms with van der Waals surface area (Å²) < 4.78 is 0. The summed E-state index contributed by atoms with van der Waals surface area (Å²) in [6, 6.07) is 0.694. The van der Waals surface area contributed by atoms with Gasteiger partial charge in [0.1, 0.15) is 0 Å². The molecule has 24 heavy (non-hydrogen) atoms. The van der Waals surface area contributed by atoms with E-state index in [1.807, 2.05) is 11.8 Å². The lowest BCUT2D eigenvalue weighted by atomic mass is 10.0.